The van der Waals surface area contributed by atoms with Gasteiger partial charge in [0.25, 0.3) is 0 Å². The Morgan fingerprint density at radius 1 is 1.03 bits per heavy atom. The van der Waals surface area contributed by atoms with Gasteiger partial charge in [-0.05, 0) is 66.6 Å². The van der Waals surface area contributed by atoms with Gasteiger partial charge in [-0.25, -0.2) is 0 Å². The van der Waals surface area contributed by atoms with Crippen LogP contribution in [0, 0.1) is 5.92 Å². The Morgan fingerprint density at radius 3 is 2.42 bits per heavy atom. The molecule has 0 radical (unpaired) electrons. The summed E-state index contributed by atoms with van der Waals surface area (Å²) < 4.78 is 5.27. The van der Waals surface area contributed by atoms with Crippen LogP contribution < -0.4 is 10.1 Å². The Morgan fingerprint density at radius 2 is 1.74 bits per heavy atom. The van der Waals surface area contributed by atoms with E-state index in [1.165, 1.54) is 16.0 Å². The smallest absolute Gasteiger partial charge is 0.246 e. The minimum Gasteiger partial charge on any atom is -0.497 e. The summed E-state index contributed by atoms with van der Waals surface area (Å²) in [6.07, 6.45) is 3.03. The normalized spacial score (nSPS) is 13.4. The molecule has 1 amide bonds. The summed E-state index contributed by atoms with van der Waals surface area (Å²) in [7, 11) is 1.65. The second-order valence-electron chi connectivity index (χ2n) is 8.31. The van der Waals surface area contributed by atoms with Crippen LogP contribution in [0.4, 0.5) is 5.00 Å². The number of hydrogen-bond acceptors (Lipinski definition) is 4. The van der Waals surface area contributed by atoms with E-state index in [0.29, 0.717) is 5.92 Å². The van der Waals surface area contributed by atoms with Crippen molar-refractivity contribution < 1.29 is 9.53 Å². The zero-order valence-electron chi connectivity index (χ0n) is 18.3. The number of ether oxygens (including phenoxy) is 1. The highest BCUT2D eigenvalue weighted by Gasteiger charge is 2.21. The summed E-state index contributed by atoms with van der Waals surface area (Å²) >= 11 is 1.65. The molecule has 3 aromatic rings. The monoisotopic (exact) mass is 432 g/mol. The van der Waals surface area contributed by atoms with Crippen LogP contribution in [0.2, 0.25) is 0 Å². The first-order valence-electron chi connectivity index (χ1n) is 10.7. The first-order valence-corrected chi connectivity index (χ1v) is 11.5. The predicted molar refractivity (Wildman–Crippen MR) is 129 cm³/mol. The zero-order valence-corrected chi connectivity index (χ0v) is 19.1. The number of nitrogens with one attached hydrogen (secondary N) is 1. The van der Waals surface area contributed by atoms with Crippen molar-refractivity contribution in [2.24, 2.45) is 10.9 Å². The highest BCUT2D eigenvalue weighted by molar-refractivity contribution is 7.16. The van der Waals surface area contributed by atoms with Crippen molar-refractivity contribution in [2.75, 3.05) is 19.0 Å². The number of hydrogen-bond donors (Lipinski definition) is 1. The van der Waals surface area contributed by atoms with Gasteiger partial charge in [0.1, 0.15) is 17.3 Å². The van der Waals surface area contributed by atoms with Gasteiger partial charge in [-0.3, -0.25) is 9.79 Å². The van der Waals surface area contributed by atoms with Gasteiger partial charge >= 0.3 is 0 Å². The Kier molecular flexibility index (Phi) is 6.52. The fourth-order valence-electron chi connectivity index (χ4n) is 3.81. The number of fused-ring (bicyclic) bond motifs is 1. The summed E-state index contributed by atoms with van der Waals surface area (Å²) in [6, 6.07) is 19.0. The number of anilines is 1. The molecule has 4 rings (SSSR count). The average Bonchev–Trinajstić information content (AvgIpc) is 3.08. The van der Waals surface area contributed by atoms with E-state index >= 15 is 0 Å². The van der Waals surface area contributed by atoms with Gasteiger partial charge in [-0.15, -0.1) is 11.3 Å². The van der Waals surface area contributed by atoms with E-state index in [4.69, 9.17) is 4.74 Å². The molecule has 0 bridgehead atoms. The molecular formula is C26H28N2O2S. The van der Waals surface area contributed by atoms with Crippen LogP contribution in [0.5, 0.6) is 5.75 Å². The Labute approximate surface area is 188 Å². The van der Waals surface area contributed by atoms with Crippen molar-refractivity contribution in [3.05, 3.63) is 81.7 Å². The van der Waals surface area contributed by atoms with Gasteiger partial charge in [0.15, 0.2) is 0 Å². The first-order chi connectivity index (χ1) is 15.0. The number of rotatable bonds is 7. The van der Waals surface area contributed by atoms with Crippen LogP contribution in [-0.4, -0.2) is 25.3 Å². The van der Waals surface area contributed by atoms with E-state index in [-0.39, 0.29) is 12.5 Å². The number of aliphatic imine (C=N–C) groups is 1. The molecule has 5 heteroatoms. The fourth-order valence-corrected chi connectivity index (χ4v) is 4.89. The summed E-state index contributed by atoms with van der Waals surface area (Å²) in [6.45, 7) is 4.63. The Hall–Kier alpha value is -2.92. The van der Waals surface area contributed by atoms with E-state index in [0.717, 1.165) is 46.9 Å². The van der Waals surface area contributed by atoms with Crippen LogP contribution in [0.15, 0.2) is 59.6 Å². The molecule has 2 aromatic carbocycles. The standard InChI is InChI=1S/C26H28N2O2S/c1-17(2)14-19-6-4-18(5-7-19)8-13-22-15-23-25(20-9-11-21(30-3)12-10-20)27-16-24(29)28-26(23)31-22/h4-7,9-12,15,17H,8,13-14,16H2,1-3H3,(H,28,29). The molecule has 0 spiro atoms. The highest BCUT2D eigenvalue weighted by Crippen LogP contribution is 2.33. The van der Waals surface area contributed by atoms with Crippen molar-refractivity contribution in [3.8, 4) is 5.75 Å². The fraction of sp³-hybridized carbons (Fsp3) is 0.308. The van der Waals surface area contributed by atoms with E-state index in [1.807, 2.05) is 24.3 Å². The molecule has 0 fully saturated rings. The highest BCUT2D eigenvalue weighted by atomic mass is 32.1. The van der Waals surface area contributed by atoms with Gasteiger partial charge in [-0.1, -0.05) is 38.1 Å². The quantitative estimate of drug-likeness (QED) is 0.534. The molecule has 0 saturated carbocycles. The topological polar surface area (TPSA) is 50.7 Å². The van der Waals surface area contributed by atoms with Crippen molar-refractivity contribution in [1.29, 1.82) is 0 Å². The van der Waals surface area contributed by atoms with Gasteiger partial charge in [0.2, 0.25) is 5.91 Å². The minimum atomic E-state index is -0.0705. The van der Waals surface area contributed by atoms with Gasteiger partial charge in [-0.2, -0.15) is 0 Å². The molecule has 160 valence electrons. The number of amides is 1. The second-order valence-corrected chi connectivity index (χ2v) is 9.45. The Bertz CT molecular complexity index is 1080. The number of carbonyl (C=O) groups is 1. The third kappa shape index (κ3) is 5.23. The summed E-state index contributed by atoms with van der Waals surface area (Å²) in [5, 5.41) is 3.92. The maximum atomic E-state index is 12.2. The SMILES string of the molecule is COc1ccc(C2=NCC(=O)Nc3sc(CCc4ccc(CC(C)C)cc4)cc32)cc1. The molecular weight excluding hydrogens is 404 g/mol. The average molecular weight is 433 g/mol. The van der Waals surface area contributed by atoms with Crippen LogP contribution in [-0.2, 0) is 24.1 Å². The molecule has 0 saturated heterocycles. The van der Waals surface area contributed by atoms with Gasteiger partial charge in [0, 0.05) is 16.0 Å². The van der Waals surface area contributed by atoms with E-state index in [1.54, 1.807) is 18.4 Å². The number of thiophene rings is 1. The van der Waals surface area contributed by atoms with Crippen molar-refractivity contribution in [3.63, 3.8) is 0 Å². The van der Waals surface area contributed by atoms with Crippen LogP contribution in [0.25, 0.3) is 0 Å². The molecule has 1 aliphatic rings. The number of benzene rings is 2. The second kappa shape index (κ2) is 9.48. The summed E-state index contributed by atoms with van der Waals surface area (Å²) in [5.74, 6) is 1.40. The third-order valence-electron chi connectivity index (χ3n) is 5.36. The number of methoxy groups -OCH3 is 1. The lowest BCUT2D eigenvalue weighted by Crippen LogP contribution is -2.12. The molecule has 1 aliphatic heterocycles. The molecule has 0 atom stereocenters. The molecule has 1 aromatic heterocycles. The largest absolute Gasteiger partial charge is 0.497 e. The lowest BCUT2D eigenvalue weighted by atomic mass is 10.00. The number of nitrogens with zero attached hydrogens (tertiary/aromatic N) is 1. The van der Waals surface area contributed by atoms with Crippen LogP contribution in [0.3, 0.4) is 0 Å². The van der Waals surface area contributed by atoms with Gasteiger partial charge in [0.05, 0.1) is 12.8 Å². The lowest BCUT2D eigenvalue weighted by Gasteiger charge is -2.06. The molecule has 2 heterocycles. The molecule has 4 nitrogen and oxygen atoms in total. The lowest BCUT2D eigenvalue weighted by molar-refractivity contribution is -0.114. The first kappa shape index (κ1) is 21.3. The molecule has 31 heavy (non-hydrogen) atoms. The summed E-state index contributed by atoms with van der Waals surface area (Å²) in [4.78, 5) is 18.0. The van der Waals surface area contributed by atoms with E-state index in [9.17, 15) is 4.79 Å². The van der Waals surface area contributed by atoms with Crippen molar-refractivity contribution >= 4 is 28.0 Å². The van der Waals surface area contributed by atoms with Crippen molar-refractivity contribution in [1.82, 2.24) is 0 Å². The maximum absolute atomic E-state index is 12.2. The van der Waals surface area contributed by atoms with E-state index < -0.39 is 0 Å². The van der Waals surface area contributed by atoms with Gasteiger partial charge < -0.3 is 10.1 Å². The number of aryl methyl sites for hydroxylation is 2. The van der Waals surface area contributed by atoms with Crippen LogP contribution in [0.1, 0.15) is 41.0 Å². The molecule has 1 N–H and O–H groups in total. The Balaban J connectivity index is 1.53. The van der Waals surface area contributed by atoms with Crippen LogP contribution >= 0.6 is 11.3 Å². The predicted octanol–water partition coefficient (Wildman–Crippen LogP) is 5.53. The molecule has 0 unspecified atom stereocenters. The third-order valence-corrected chi connectivity index (χ3v) is 6.47. The number of carbonyl (C=O) groups excluding carboxylic acids is 1. The van der Waals surface area contributed by atoms with Crippen molar-refractivity contribution in [2.45, 2.75) is 33.1 Å². The van der Waals surface area contributed by atoms with E-state index in [2.05, 4.69) is 54.5 Å². The summed E-state index contributed by atoms with van der Waals surface area (Å²) in [5.41, 5.74) is 5.58. The maximum Gasteiger partial charge on any atom is 0.246 e. The minimum absolute atomic E-state index is 0.0705. The zero-order chi connectivity index (χ0) is 21.8. The molecule has 0 aliphatic carbocycles.